The van der Waals surface area contributed by atoms with E-state index in [0.29, 0.717) is 17.4 Å². The van der Waals surface area contributed by atoms with Gasteiger partial charge in [0.1, 0.15) is 17.2 Å². The molecule has 28 heavy (non-hydrogen) atoms. The van der Waals surface area contributed by atoms with Gasteiger partial charge in [-0.15, -0.1) is 0 Å². The van der Waals surface area contributed by atoms with E-state index in [9.17, 15) is 0 Å². The van der Waals surface area contributed by atoms with Crippen LogP contribution in [0.3, 0.4) is 0 Å². The molecule has 1 atom stereocenters. The van der Waals surface area contributed by atoms with E-state index in [-0.39, 0.29) is 0 Å². The monoisotopic (exact) mass is 375 g/mol. The molecule has 4 heterocycles. The van der Waals surface area contributed by atoms with Crippen LogP contribution in [0, 0.1) is 5.41 Å². The van der Waals surface area contributed by atoms with Gasteiger partial charge < -0.3 is 15.4 Å². The van der Waals surface area contributed by atoms with Gasteiger partial charge in [0.05, 0.1) is 24.7 Å². The molecule has 2 N–H and O–H groups in total. The number of nitrogens with one attached hydrogen (secondary N) is 2. The number of aromatic nitrogens is 3. The van der Waals surface area contributed by atoms with Crippen molar-refractivity contribution in [1.29, 1.82) is 0 Å². The van der Waals surface area contributed by atoms with E-state index in [1.165, 1.54) is 31.2 Å². The Balaban J connectivity index is 1.36. The van der Waals surface area contributed by atoms with Crippen LogP contribution in [0.4, 0.5) is 5.82 Å². The lowest BCUT2D eigenvalue weighted by Gasteiger charge is -2.19. The molecule has 6 nitrogen and oxygen atoms in total. The Bertz CT molecular complexity index is 1050. The van der Waals surface area contributed by atoms with Crippen LogP contribution < -0.4 is 15.4 Å². The highest BCUT2D eigenvalue weighted by atomic mass is 16.5. The molecule has 3 aliphatic rings. The second-order valence-electron chi connectivity index (χ2n) is 8.54. The lowest BCUT2D eigenvalue weighted by atomic mass is 10.0. The second kappa shape index (κ2) is 5.95. The van der Waals surface area contributed by atoms with E-state index < -0.39 is 0 Å². The maximum Gasteiger partial charge on any atom is 0.140 e. The molecular formula is C22H25N5O. The number of rotatable bonds is 5. The van der Waals surface area contributed by atoms with E-state index in [1.54, 1.807) is 7.11 Å². The summed E-state index contributed by atoms with van der Waals surface area (Å²) in [5.41, 5.74) is 4.59. The van der Waals surface area contributed by atoms with Gasteiger partial charge in [0, 0.05) is 42.4 Å². The SMILES string of the molecule is COc1cc2ncc(-c3cccc(N[C@H]4CNCC45CC5)n3)n2cc1C1CC1. The van der Waals surface area contributed by atoms with E-state index in [0.717, 1.165) is 41.7 Å². The quantitative estimate of drug-likeness (QED) is 0.715. The molecule has 3 fully saturated rings. The third kappa shape index (κ3) is 2.58. The van der Waals surface area contributed by atoms with Gasteiger partial charge >= 0.3 is 0 Å². The molecule has 0 unspecified atom stereocenters. The number of nitrogens with zero attached hydrogens (tertiary/aromatic N) is 3. The highest BCUT2D eigenvalue weighted by molar-refractivity contribution is 5.64. The highest BCUT2D eigenvalue weighted by Crippen LogP contribution is 2.51. The molecule has 2 saturated carbocycles. The first-order chi connectivity index (χ1) is 13.8. The van der Waals surface area contributed by atoms with Crippen molar-refractivity contribution in [3.05, 3.63) is 42.2 Å². The molecule has 1 saturated heterocycles. The summed E-state index contributed by atoms with van der Waals surface area (Å²) >= 11 is 0. The maximum atomic E-state index is 5.60. The summed E-state index contributed by atoms with van der Waals surface area (Å²) < 4.78 is 7.76. The number of methoxy groups -OCH3 is 1. The van der Waals surface area contributed by atoms with Crippen LogP contribution in [0.2, 0.25) is 0 Å². The van der Waals surface area contributed by atoms with Crippen molar-refractivity contribution < 1.29 is 4.74 Å². The van der Waals surface area contributed by atoms with Crippen molar-refractivity contribution in [1.82, 2.24) is 19.7 Å². The molecule has 0 amide bonds. The summed E-state index contributed by atoms with van der Waals surface area (Å²) in [7, 11) is 1.74. The molecule has 0 aromatic carbocycles. The van der Waals surface area contributed by atoms with Gasteiger partial charge in [-0.2, -0.15) is 0 Å². The Morgan fingerprint density at radius 2 is 2.18 bits per heavy atom. The standard InChI is InChI=1S/C22H25N5O/c1-28-18-9-21-24-10-17(27(21)12-15(18)14-5-6-14)16-3-2-4-20(25-16)26-19-11-23-13-22(19)7-8-22/h2-4,9-10,12,14,19,23H,5-8,11,13H2,1H3,(H,25,26)/t19-/m0/s1. The molecule has 1 spiro atoms. The van der Waals surface area contributed by atoms with Gasteiger partial charge in [-0.05, 0) is 43.7 Å². The fraction of sp³-hybridized carbons (Fsp3) is 0.455. The highest BCUT2D eigenvalue weighted by Gasteiger charge is 2.52. The first-order valence-corrected chi connectivity index (χ1v) is 10.3. The Kier molecular flexibility index (Phi) is 3.48. The van der Waals surface area contributed by atoms with Gasteiger partial charge in [-0.3, -0.25) is 4.40 Å². The summed E-state index contributed by atoms with van der Waals surface area (Å²) in [6.45, 7) is 2.15. The minimum atomic E-state index is 0.455. The summed E-state index contributed by atoms with van der Waals surface area (Å²) in [4.78, 5) is 9.53. The predicted molar refractivity (Wildman–Crippen MR) is 109 cm³/mol. The molecule has 2 aliphatic carbocycles. The van der Waals surface area contributed by atoms with Crippen LogP contribution in [-0.2, 0) is 0 Å². The minimum absolute atomic E-state index is 0.455. The third-order valence-corrected chi connectivity index (χ3v) is 6.67. The Morgan fingerprint density at radius 1 is 1.29 bits per heavy atom. The number of ether oxygens (including phenoxy) is 1. The lowest BCUT2D eigenvalue weighted by molar-refractivity contribution is 0.409. The van der Waals surface area contributed by atoms with Crippen molar-refractivity contribution in [2.45, 2.75) is 37.6 Å². The molecule has 6 rings (SSSR count). The van der Waals surface area contributed by atoms with Gasteiger partial charge in [0.15, 0.2) is 0 Å². The first-order valence-electron chi connectivity index (χ1n) is 10.3. The lowest BCUT2D eigenvalue weighted by Crippen LogP contribution is -2.29. The maximum absolute atomic E-state index is 5.60. The molecule has 3 aromatic heterocycles. The number of pyridine rings is 2. The normalized spacial score (nSPS) is 22.7. The largest absolute Gasteiger partial charge is 0.496 e. The summed E-state index contributed by atoms with van der Waals surface area (Å²) in [6.07, 6.45) is 9.21. The topological polar surface area (TPSA) is 63.5 Å². The van der Waals surface area contributed by atoms with Gasteiger partial charge in [-0.1, -0.05) is 6.07 Å². The smallest absolute Gasteiger partial charge is 0.140 e. The summed E-state index contributed by atoms with van der Waals surface area (Å²) in [5.74, 6) is 2.50. The molecule has 0 radical (unpaired) electrons. The van der Waals surface area contributed by atoms with Crippen molar-refractivity contribution in [3.63, 3.8) is 0 Å². The fourth-order valence-corrected chi connectivity index (χ4v) is 4.62. The van der Waals surface area contributed by atoms with E-state index >= 15 is 0 Å². The molecular weight excluding hydrogens is 350 g/mol. The van der Waals surface area contributed by atoms with Crippen molar-refractivity contribution in [2.24, 2.45) is 5.41 Å². The van der Waals surface area contributed by atoms with Crippen LogP contribution in [0.25, 0.3) is 17.0 Å². The van der Waals surface area contributed by atoms with Gasteiger partial charge in [-0.25, -0.2) is 9.97 Å². The van der Waals surface area contributed by atoms with E-state index in [1.807, 2.05) is 12.3 Å². The van der Waals surface area contributed by atoms with E-state index in [4.69, 9.17) is 9.72 Å². The third-order valence-electron chi connectivity index (χ3n) is 6.67. The zero-order valence-corrected chi connectivity index (χ0v) is 16.1. The number of anilines is 1. The van der Waals surface area contributed by atoms with Crippen LogP contribution in [0.1, 0.15) is 37.2 Å². The van der Waals surface area contributed by atoms with Crippen molar-refractivity contribution in [3.8, 4) is 17.1 Å². The van der Waals surface area contributed by atoms with Crippen LogP contribution in [-0.4, -0.2) is 40.6 Å². The predicted octanol–water partition coefficient (Wildman–Crippen LogP) is 3.45. The fourth-order valence-electron chi connectivity index (χ4n) is 4.62. The van der Waals surface area contributed by atoms with Crippen LogP contribution >= 0.6 is 0 Å². The van der Waals surface area contributed by atoms with E-state index in [2.05, 4.69) is 44.4 Å². The number of hydrogen-bond acceptors (Lipinski definition) is 5. The molecule has 0 bridgehead atoms. The van der Waals surface area contributed by atoms with Gasteiger partial charge in [0.25, 0.3) is 0 Å². The number of hydrogen-bond donors (Lipinski definition) is 2. The number of imidazole rings is 1. The molecule has 6 heteroatoms. The summed E-state index contributed by atoms with van der Waals surface area (Å²) in [5, 5.41) is 7.21. The van der Waals surface area contributed by atoms with Crippen molar-refractivity contribution >= 4 is 11.5 Å². The van der Waals surface area contributed by atoms with Gasteiger partial charge in [0.2, 0.25) is 0 Å². The summed E-state index contributed by atoms with van der Waals surface area (Å²) in [6, 6.07) is 8.73. The molecule has 3 aromatic rings. The zero-order valence-electron chi connectivity index (χ0n) is 16.1. The van der Waals surface area contributed by atoms with Crippen LogP contribution in [0.5, 0.6) is 5.75 Å². The second-order valence-corrected chi connectivity index (χ2v) is 8.54. The molecule has 144 valence electrons. The Morgan fingerprint density at radius 3 is 2.96 bits per heavy atom. The Labute approximate surface area is 164 Å². The number of fused-ring (bicyclic) bond motifs is 1. The Hall–Kier alpha value is -2.60. The zero-order chi connectivity index (χ0) is 18.7. The average Bonchev–Trinajstić information content (AvgIpc) is 3.62. The molecule has 1 aliphatic heterocycles. The minimum Gasteiger partial charge on any atom is -0.496 e. The first kappa shape index (κ1) is 16.4. The van der Waals surface area contributed by atoms with Crippen molar-refractivity contribution in [2.75, 3.05) is 25.5 Å². The van der Waals surface area contributed by atoms with Crippen LogP contribution in [0.15, 0.2) is 36.7 Å². The average molecular weight is 375 g/mol.